The van der Waals surface area contributed by atoms with Crippen molar-refractivity contribution in [2.24, 2.45) is 5.84 Å². The van der Waals surface area contributed by atoms with E-state index in [1.807, 2.05) is 25.1 Å². The molecule has 2 aromatic rings. The molecule has 2 rings (SSSR count). The Morgan fingerprint density at radius 3 is 2.89 bits per heavy atom. The molecule has 3 N–H and O–H groups in total. The summed E-state index contributed by atoms with van der Waals surface area (Å²) in [6.07, 6.45) is 3.47. The van der Waals surface area contributed by atoms with Gasteiger partial charge in [-0.15, -0.1) is 0 Å². The van der Waals surface area contributed by atoms with Gasteiger partial charge >= 0.3 is 0 Å². The van der Waals surface area contributed by atoms with Crippen molar-refractivity contribution in [3.05, 3.63) is 47.7 Å². The fourth-order valence-corrected chi connectivity index (χ4v) is 1.85. The van der Waals surface area contributed by atoms with Gasteiger partial charge < -0.3 is 9.84 Å². The van der Waals surface area contributed by atoms with Gasteiger partial charge in [0.25, 0.3) is 0 Å². The van der Waals surface area contributed by atoms with Crippen molar-refractivity contribution >= 4 is 5.69 Å². The fourth-order valence-electron chi connectivity index (χ4n) is 1.85. The van der Waals surface area contributed by atoms with E-state index in [-0.39, 0.29) is 0 Å². The number of anilines is 1. The van der Waals surface area contributed by atoms with E-state index in [9.17, 15) is 0 Å². The molecule has 0 aliphatic carbocycles. The summed E-state index contributed by atoms with van der Waals surface area (Å²) in [5.74, 6) is 6.34. The SMILES string of the molecule is Cc1occc1CN(C)Cc1cc(NN)ccn1. The molecular formula is C13H18N4O. The number of rotatable bonds is 5. The molecule has 0 aromatic carbocycles. The van der Waals surface area contributed by atoms with Gasteiger partial charge in [-0.1, -0.05) is 0 Å². The second-order valence-corrected chi connectivity index (χ2v) is 4.35. The zero-order chi connectivity index (χ0) is 13.0. The van der Waals surface area contributed by atoms with E-state index in [2.05, 4.69) is 22.4 Å². The van der Waals surface area contributed by atoms with Gasteiger partial charge in [-0.05, 0) is 32.2 Å². The Labute approximate surface area is 107 Å². The van der Waals surface area contributed by atoms with Crippen molar-refractivity contribution in [3.8, 4) is 0 Å². The molecule has 0 fully saturated rings. The van der Waals surface area contributed by atoms with Crippen molar-refractivity contribution in [2.45, 2.75) is 20.0 Å². The molecule has 2 aromatic heterocycles. The Balaban J connectivity index is 1.98. The van der Waals surface area contributed by atoms with E-state index in [1.165, 1.54) is 5.56 Å². The Morgan fingerprint density at radius 1 is 1.39 bits per heavy atom. The Morgan fingerprint density at radius 2 is 2.22 bits per heavy atom. The third kappa shape index (κ3) is 3.09. The van der Waals surface area contributed by atoms with Crippen LogP contribution in [0.1, 0.15) is 17.0 Å². The standard InChI is InChI=1S/C13H18N4O/c1-10-11(4-6-18-10)8-17(2)9-13-7-12(16-14)3-5-15-13/h3-7H,8-9,14H2,1-2H3,(H,15,16). The molecule has 18 heavy (non-hydrogen) atoms. The van der Waals surface area contributed by atoms with Crippen molar-refractivity contribution in [1.82, 2.24) is 9.88 Å². The number of nitrogens with one attached hydrogen (secondary N) is 1. The lowest BCUT2D eigenvalue weighted by Gasteiger charge is -2.16. The molecule has 96 valence electrons. The number of nitrogens with zero attached hydrogens (tertiary/aromatic N) is 2. The normalized spacial score (nSPS) is 10.9. The van der Waals surface area contributed by atoms with E-state index >= 15 is 0 Å². The summed E-state index contributed by atoms with van der Waals surface area (Å²) in [6, 6.07) is 5.78. The second kappa shape index (κ2) is 5.66. The molecule has 0 amide bonds. The minimum Gasteiger partial charge on any atom is -0.469 e. The van der Waals surface area contributed by atoms with E-state index < -0.39 is 0 Å². The highest BCUT2D eigenvalue weighted by Crippen LogP contribution is 2.13. The first-order valence-electron chi connectivity index (χ1n) is 5.82. The Bertz CT molecular complexity index is 509. The molecule has 0 aliphatic heterocycles. The minimum atomic E-state index is 0.764. The van der Waals surface area contributed by atoms with Crippen LogP contribution >= 0.6 is 0 Å². The maximum absolute atomic E-state index is 5.38. The van der Waals surface area contributed by atoms with Gasteiger partial charge in [0.2, 0.25) is 0 Å². The lowest BCUT2D eigenvalue weighted by molar-refractivity contribution is 0.312. The van der Waals surface area contributed by atoms with Crippen LogP contribution < -0.4 is 11.3 Å². The number of hydrogen-bond acceptors (Lipinski definition) is 5. The number of nitrogens with two attached hydrogens (primary N) is 1. The molecule has 0 atom stereocenters. The fraction of sp³-hybridized carbons (Fsp3) is 0.308. The zero-order valence-corrected chi connectivity index (χ0v) is 10.7. The van der Waals surface area contributed by atoms with Gasteiger partial charge in [0.05, 0.1) is 17.6 Å². The largest absolute Gasteiger partial charge is 0.469 e. The summed E-state index contributed by atoms with van der Waals surface area (Å²) < 4.78 is 5.28. The molecule has 0 radical (unpaired) electrons. The molecule has 5 heteroatoms. The summed E-state index contributed by atoms with van der Waals surface area (Å²) >= 11 is 0. The quantitative estimate of drug-likeness (QED) is 0.623. The summed E-state index contributed by atoms with van der Waals surface area (Å²) in [5, 5.41) is 0. The van der Waals surface area contributed by atoms with Crippen LogP contribution in [0.15, 0.2) is 35.1 Å². The predicted octanol–water partition coefficient (Wildman–Crippen LogP) is 1.90. The predicted molar refractivity (Wildman–Crippen MR) is 70.7 cm³/mol. The average Bonchev–Trinajstić information content (AvgIpc) is 2.75. The number of aromatic nitrogens is 1. The molecule has 2 heterocycles. The number of hydrazine groups is 1. The van der Waals surface area contributed by atoms with Crippen LogP contribution in [0.3, 0.4) is 0 Å². The molecular weight excluding hydrogens is 228 g/mol. The summed E-state index contributed by atoms with van der Waals surface area (Å²) in [6.45, 7) is 3.57. The lowest BCUT2D eigenvalue weighted by atomic mass is 10.2. The van der Waals surface area contributed by atoms with E-state index in [4.69, 9.17) is 10.3 Å². The van der Waals surface area contributed by atoms with Gasteiger partial charge in [-0.3, -0.25) is 15.7 Å². The minimum absolute atomic E-state index is 0.764. The first-order chi connectivity index (χ1) is 8.69. The maximum atomic E-state index is 5.38. The van der Waals surface area contributed by atoms with Crippen LogP contribution in [0.5, 0.6) is 0 Å². The van der Waals surface area contributed by atoms with Crippen LogP contribution in [-0.4, -0.2) is 16.9 Å². The van der Waals surface area contributed by atoms with E-state index in [0.717, 1.165) is 30.2 Å². The van der Waals surface area contributed by atoms with E-state index in [1.54, 1.807) is 12.5 Å². The average molecular weight is 246 g/mol. The van der Waals surface area contributed by atoms with Crippen molar-refractivity contribution in [2.75, 3.05) is 12.5 Å². The molecule has 0 aliphatic rings. The number of nitrogen functional groups attached to an aromatic ring is 1. The van der Waals surface area contributed by atoms with Gasteiger partial charge in [-0.25, -0.2) is 0 Å². The van der Waals surface area contributed by atoms with Crippen LogP contribution in [0.4, 0.5) is 5.69 Å². The number of pyridine rings is 1. The number of hydrogen-bond donors (Lipinski definition) is 2. The summed E-state index contributed by atoms with van der Waals surface area (Å²) in [5.41, 5.74) is 5.67. The molecule has 0 unspecified atom stereocenters. The van der Waals surface area contributed by atoms with Crippen molar-refractivity contribution < 1.29 is 4.42 Å². The van der Waals surface area contributed by atoms with Gasteiger partial charge in [0.15, 0.2) is 0 Å². The highest BCUT2D eigenvalue weighted by molar-refractivity contribution is 5.41. The summed E-state index contributed by atoms with van der Waals surface area (Å²) in [4.78, 5) is 6.50. The van der Waals surface area contributed by atoms with Crippen LogP contribution in [0, 0.1) is 6.92 Å². The topological polar surface area (TPSA) is 67.3 Å². The van der Waals surface area contributed by atoms with Gasteiger partial charge in [-0.2, -0.15) is 0 Å². The molecule has 0 bridgehead atoms. The summed E-state index contributed by atoms with van der Waals surface area (Å²) in [7, 11) is 2.05. The van der Waals surface area contributed by atoms with Crippen LogP contribution in [0.25, 0.3) is 0 Å². The van der Waals surface area contributed by atoms with Crippen molar-refractivity contribution in [3.63, 3.8) is 0 Å². The Kier molecular flexibility index (Phi) is 3.96. The maximum Gasteiger partial charge on any atom is 0.105 e. The lowest BCUT2D eigenvalue weighted by Crippen LogP contribution is -2.18. The van der Waals surface area contributed by atoms with Crippen LogP contribution in [-0.2, 0) is 13.1 Å². The van der Waals surface area contributed by atoms with Crippen molar-refractivity contribution in [1.29, 1.82) is 0 Å². The van der Waals surface area contributed by atoms with E-state index in [0.29, 0.717) is 0 Å². The first-order valence-corrected chi connectivity index (χ1v) is 5.82. The Hall–Kier alpha value is -1.85. The molecule has 0 saturated carbocycles. The molecule has 0 spiro atoms. The third-order valence-corrected chi connectivity index (χ3v) is 2.82. The molecule has 5 nitrogen and oxygen atoms in total. The second-order valence-electron chi connectivity index (χ2n) is 4.35. The number of furan rings is 1. The highest BCUT2D eigenvalue weighted by atomic mass is 16.3. The zero-order valence-electron chi connectivity index (χ0n) is 10.7. The highest BCUT2D eigenvalue weighted by Gasteiger charge is 2.07. The smallest absolute Gasteiger partial charge is 0.105 e. The number of aryl methyl sites for hydroxylation is 1. The monoisotopic (exact) mass is 246 g/mol. The van der Waals surface area contributed by atoms with Gasteiger partial charge in [0, 0.05) is 24.8 Å². The first kappa shape index (κ1) is 12.6. The molecule has 0 saturated heterocycles. The third-order valence-electron chi connectivity index (χ3n) is 2.82. The van der Waals surface area contributed by atoms with Crippen LogP contribution in [0.2, 0.25) is 0 Å². The van der Waals surface area contributed by atoms with Gasteiger partial charge in [0.1, 0.15) is 5.76 Å².